The smallest absolute Gasteiger partial charge is 0.170 e. The summed E-state index contributed by atoms with van der Waals surface area (Å²) in [6.45, 7) is 2.49. The molecule has 0 nitrogen and oxygen atoms in total. The predicted octanol–water partition coefficient (Wildman–Crippen LogP) is 13.0. The Bertz CT molecular complexity index is 2350. The summed E-state index contributed by atoms with van der Waals surface area (Å²) in [5, 5.41) is 2.56. The molecule has 2 unspecified atom stereocenters. The summed E-state index contributed by atoms with van der Waals surface area (Å²) in [6.07, 6.45) is -9.19. The van der Waals surface area contributed by atoms with E-state index >= 15 is 26.3 Å². The van der Waals surface area contributed by atoms with Gasteiger partial charge in [0.2, 0.25) is 0 Å². The van der Waals surface area contributed by atoms with Gasteiger partial charge in [-0.15, -0.1) is 0 Å². The third-order valence-electron chi connectivity index (χ3n) is 11.2. The summed E-state index contributed by atoms with van der Waals surface area (Å²) in [6, 6.07) is 39.1. The summed E-state index contributed by atoms with van der Waals surface area (Å²) < 4.78 is 91.7. The quantitative estimate of drug-likeness (QED) is 0.127. The van der Waals surface area contributed by atoms with E-state index < -0.39 is 23.2 Å². The fourth-order valence-corrected chi connectivity index (χ4v) is 8.63. The van der Waals surface area contributed by atoms with Gasteiger partial charge < -0.3 is 0 Å². The van der Waals surface area contributed by atoms with Crippen molar-refractivity contribution in [2.45, 2.75) is 37.0 Å². The largest absolute Gasteiger partial charge is 0.402 e. The number of rotatable bonds is 2. The molecule has 2 aliphatic rings. The highest BCUT2D eigenvalue weighted by molar-refractivity contribution is 6.23. The average Bonchev–Trinajstić information content (AvgIpc) is 3.52. The molecule has 2 atom stereocenters. The number of alkyl halides is 6. The second kappa shape index (κ2) is 10.1. The van der Waals surface area contributed by atoms with Gasteiger partial charge in [0.05, 0.1) is 0 Å². The van der Waals surface area contributed by atoms with Crippen molar-refractivity contribution in [3.8, 4) is 44.5 Å². The van der Waals surface area contributed by atoms with Crippen LogP contribution in [0.1, 0.15) is 36.1 Å². The monoisotopic (exact) mass is 670 g/mol. The van der Waals surface area contributed by atoms with Gasteiger partial charge in [-0.05, 0) is 126 Å². The van der Waals surface area contributed by atoms with Crippen LogP contribution >= 0.6 is 0 Å². The molecule has 2 aliphatic carbocycles. The van der Waals surface area contributed by atoms with Crippen molar-refractivity contribution in [1.82, 2.24) is 0 Å². The molecule has 0 aromatic heterocycles. The molecule has 0 heterocycles. The number of fused-ring (bicyclic) bond motifs is 8. The van der Waals surface area contributed by atoms with Gasteiger partial charge in [-0.1, -0.05) is 109 Å². The number of hydrogen-bond donors (Lipinski definition) is 0. The highest BCUT2D eigenvalue weighted by Gasteiger charge is 2.59. The standard InChI is InChI=1S/C44H28F6/c1-41(43(45,46)47)35-19-11-9-17-27(35)29-21-31-33(23-37(29)41)39(25-13-5-3-6-14-25)32-22-30-28-18-10-12-20-36(28)42(2,44(48,49)50)38(30)24-34(32)40(31)26-15-7-4-8-16-26/h3-24H,1-2H3. The van der Waals surface area contributed by atoms with Gasteiger partial charge in [0.25, 0.3) is 0 Å². The van der Waals surface area contributed by atoms with E-state index in [-0.39, 0.29) is 22.3 Å². The van der Waals surface area contributed by atoms with Crippen LogP contribution in [0.15, 0.2) is 133 Å². The van der Waals surface area contributed by atoms with E-state index in [4.69, 9.17) is 0 Å². The first-order valence-electron chi connectivity index (χ1n) is 16.4. The third kappa shape index (κ3) is 3.85. The molecule has 0 N–H and O–H groups in total. The van der Waals surface area contributed by atoms with Gasteiger partial charge in [-0.25, -0.2) is 0 Å². The Morgan fingerprint density at radius 2 is 0.680 bits per heavy atom. The Balaban J connectivity index is 1.53. The minimum atomic E-state index is -4.60. The predicted molar refractivity (Wildman–Crippen MR) is 188 cm³/mol. The van der Waals surface area contributed by atoms with Gasteiger partial charge in [0.15, 0.2) is 0 Å². The Kier molecular flexibility index (Phi) is 6.20. The molecule has 50 heavy (non-hydrogen) atoms. The number of hydrogen-bond acceptors (Lipinski definition) is 0. The van der Waals surface area contributed by atoms with Crippen molar-refractivity contribution in [2.24, 2.45) is 0 Å². The first-order valence-corrected chi connectivity index (χ1v) is 16.4. The van der Waals surface area contributed by atoms with Crippen molar-refractivity contribution < 1.29 is 26.3 Å². The van der Waals surface area contributed by atoms with E-state index in [1.54, 1.807) is 60.7 Å². The van der Waals surface area contributed by atoms with Gasteiger partial charge in [0, 0.05) is 0 Å². The zero-order valence-corrected chi connectivity index (χ0v) is 27.0. The van der Waals surface area contributed by atoms with E-state index in [0.29, 0.717) is 54.9 Å². The van der Waals surface area contributed by atoms with E-state index in [1.807, 2.05) is 72.8 Å². The minimum absolute atomic E-state index is 0.158. The molecule has 246 valence electrons. The molecule has 0 saturated heterocycles. The van der Waals surface area contributed by atoms with Crippen LogP contribution in [0.2, 0.25) is 0 Å². The fraction of sp³-hybridized carbons (Fsp3) is 0.136. The van der Waals surface area contributed by atoms with Crippen molar-refractivity contribution in [3.05, 3.63) is 156 Å². The lowest BCUT2D eigenvalue weighted by molar-refractivity contribution is -0.172. The molecular weight excluding hydrogens is 642 g/mol. The van der Waals surface area contributed by atoms with Crippen LogP contribution in [0.4, 0.5) is 26.3 Å². The highest BCUT2D eigenvalue weighted by atomic mass is 19.4. The van der Waals surface area contributed by atoms with Crippen LogP contribution in [0.3, 0.4) is 0 Å². The molecule has 0 amide bonds. The molecule has 0 aliphatic heterocycles. The van der Waals surface area contributed by atoms with E-state index in [0.717, 1.165) is 11.1 Å². The normalized spacial score (nSPS) is 19.4. The molecule has 9 rings (SSSR count). The van der Waals surface area contributed by atoms with E-state index in [2.05, 4.69) is 0 Å². The van der Waals surface area contributed by atoms with Gasteiger partial charge in [-0.3, -0.25) is 0 Å². The van der Waals surface area contributed by atoms with E-state index in [9.17, 15) is 0 Å². The molecule has 0 radical (unpaired) electrons. The zero-order valence-electron chi connectivity index (χ0n) is 27.0. The Labute approximate surface area is 284 Å². The maximum Gasteiger partial charge on any atom is 0.402 e. The molecule has 0 saturated carbocycles. The van der Waals surface area contributed by atoms with E-state index in [1.165, 1.54) is 13.8 Å². The van der Waals surface area contributed by atoms with Crippen LogP contribution in [-0.2, 0) is 10.8 Å². The Morgan fingerprint density at radius 3 is 1.04 bits per heavy atom. The number of benzene rings is 7. The topological polar surface area (TPSA) is 0 Å². The first kappa shape index (κ1) is 30.7. The maximum absolute atomic E-state index is 15.3. The summed E-state index contributed by atoms with van der Waals surface area (Å²) in [5.41, 5.74) is 0.958. The molecule has 6 heteroatoms. The zero-order chi connectivity index (χ0) is 34.8. The molecule has 0 bridgehead atoms. The van der Waals surface area contributed by atoms with Crippen molar-refractivity contribution >= 4 is 21.5 Å². The molecule has 0 fully saturated rings. The van der Waals surface area contributed by atoms with Crippen LogP contribution < -0.4 is 0 Å². The highest BCUT2D eigenvalue weighted by Crippen LogP contribution is 2.61. The second-order valence-electron chi connectivity index (χ2n) is 13.7. The van der Waals surface area contributed by atoms with Crippen molar-refractivity contribution in [3.63, 3.8) is 0 Å². The first-order chi connectivity index (χ1) is 23.9. The number of halogens is 6. The van der Waals surface area contributed by atoms with Crippen molar-refractivity contribution in [2.75, 3.05) is 0 Å². The van der Waals surface area contributed by atoms with Gasteiger partial charge in [0.1, 0.15) is 10.8 Å². The second-order valence-corrected chi connectivity index (χ2v) is 13.7. The van der Waals surface area contributed by atoms with Crippen LogP contribution in [0, 0.1) is 0 Å². The summed E-state index contributed by atoms with van der Waals surface area (Å²) in [4.78, 5) is 0. The Morgan fingerprint density at radius 1 is 0.360 bits per heavy atom. The third-order valence-corrected chi connectivity index (χ3v) is 11.2. The van der Waals surface area contributed by atoms with Gasteiger partial charge in [-0.2, -0.15) is 26.3 Å². The lowest BCUT2D eigenvalue weighted by atomic mass is 9.76. The average molecular weight is 671 g/mol. The fourth-order valence-electron chi connectivity index (χ4n) is 8.63. The van der Waals surface area contributed by atoms with Crippen LogP contribution in [0.25, 0.3) is 66.1 Å². The van der Waals surface area contributed by atoms with Gasteiger partial charge >= 0.3 is 12.4 Å². The summed E-state index contributed by atoms with van der Waals surface area (Å²) >= 11 is 0. The van der Waals surface area contributed by atoms with Crippen LogP contribution in [0.5, 0.6) is 0 Å². The lowest BCUT2D eigenvalue weighted by Gasteiger charge is -2.31. The van der Waals surface area contributed by atoms with Crippen LogP contribution in [-0.4, -0.2) is 12.4 Å². The summed E-state index contributed by atoms with van der Waals surface area (Å²) in [5.74, 6) is 0. The molecular formula is C44H28F6. The molecule has 0 spiro atoms. The Hall–Kier alpha value is -5.36. The summed E-state index contributed by atoms with van der Waals surface area (Å²) in [7, 11) is 0. The molecule has 7 aromatic rings. The SMILES string of the molecule is CC1(C(F)(F)F)c2ccccc2-c2cc3c(-c4ccccc4)c4cc5c(cc4c(-c4ccccc4)c3cc21)-c1ccccc1C5(C)C(F)(F)F. The van der Waals surface area contributed by atoms with Crippen molar-refractivity contribution in [1.29, 1.82) is 0 Å². The minimum Gasteiger partial charge on any atom is -0.170 e. The molecule has 7 aromatic carbocycles. The lowest BCUT2D eigenvalue weighted by Crippen LogP contribution is -2.38. The maximum atomic E-state index is 15.3.